The van der Waals surface area contributed by atoms with Gasteiger partial charge in [0.15, 0.2) is 0 Å². The molecule has 14 nitrogen and oxygen atoms in total. The van der Waals surface area contributed by atoms with E-state index in [4.69, 9.17) is 40.1 Å². The average molecular weight is 601 g/mol. The van der Waals surface area contributed by atoms with Crippen molar-refractivity contribution in [3.05, 3.63) is 70.8 Å². The molecule has 0 spiro atoms. The molecule has 2 aromatic rings. The van der Waals surface area contributed by atoms with Crippen molar-refractivity contribution in [1.82, 2.24) is 0 Å². The Hall–Kier alpha value is -3.92. The monoisotopic (exact) mass is 600 g/mol. The standard InChI is InChI=1S/C10H10O4.C8H6O4.C6H14O4.C4H10O2/c1-13-9(11)7-3-5-8(6-4-7)10(12)14-2;9-7(10)5-1-2-6(4-3-5)8(11)12;7-1-3-9-5-6-10-4-2-8;5-3-1-2-4-6/h3-6H,1-2H3;1-4H,(H,9,10)(H,11,12);7-8H,1-6H2;5-6H,1-4H2. The molecule has 2 rings (SSSR count). The molecule has 0 aliphatic heterocycles. The van der Waals surface area contributed by atoms with Crippen molar-refractivity contribution in [2.24, 2.45) is 0 Å². The first kappa shape index (κ1) is 40.2. The normalized spacial score (nSPS) is 9.48. The second-order valence-electron chi connectivity index (χ2n) is 7.57. The van der Waals surface area contributed by atoms with E-state index in [1.54, 1.807) is 0 Å². The number of aliphatic hydroxyl groups is 4. The molecular formula is C28H40O14. The second-order valence-corrected chi connectivity index (χ2v) is 7.57. The van der Waals surface area contributed by atoms with Crippen molar-refractivity contribution in [2.45, 2.75) is 12.8 Å². The molecule has 0 atom stereocenters. The minimum atomic E-state index is -1.06. The van der Waals surface area contributed by atoms with Crippen LogP contribution in [0.15, 0.2) is 48.5 Å². The van der Waals surface area contributed by atoms with Crippen molar-refractivity contribution >= 4 is 23.9 Å². The van der Waals surface area contributed by atoms with Crippen LogP contribution in [0.4, 0.5) is 0 Å². The van der Waals surface area contributed by atoms with Crippen LogP contribution in [0.1, 0.15) is 54.3 Å². The third kappa shape index (κ3) is 20.9. The number of unbranched alkanes of at least 4 members (excludes halogenated alkanes) is 1. The number of carbonyl (C=O) groups is 4. The summed E-state index contributed by atoms with van der Waals surface area (Å²) in [6.07, 6.45) is 1.44. The van der Waals surface area contributed by atoms with Crippen LogP contribution in [-0.4, -0.2) is 122 Å². The van der Waals surface area contributed by atoms with Crippen molar-refractivity contribution in [3.63, 3.8) is 0 Å². The highest BCUT2D eigenvalue weighted by Crippen LogP contribution is 2.06. The van der Waals surface area contributed by atoms with Crippen LogP contribution >= 0.6 is 0 Å². The quantitative estimate of drug-likeness (QED) is 0.132. The minimum absolute atomic E-state index is 0.0417. The molecule has 0 unspecified atom stereocenters. The van der Waals surface area contributed by atoms with Crippen molar-refractivity contribution in [2.75, 3.05) is 67.1 Å². The fourth-order valence-electron chi connectivity index (χ4n) is 2.41. The van der Waals surface area contributed by atoms with E-state index in [-0.39, 0.29) is 37.6 Å². The zero-order valence-corrected chi connectivity index (χ0v) is 23.6. The minimum Gasteiger partial charge on any atom is -0.478 e. The van der Waals surface area contributed by atoms with Crippen LogP contribution in [0, 0.1) is 0 Å². The SMILES string of the molecule is COC(=O)c1ccc(C(=O)OC)cc1.O=C(O)c1ccc(C(=O)O)cc1.OCCCCO.OCCOCCOCCO. The Bertz CT molecular complexity index is 911. The summed E-state index contributed by atoms with van der Waals surface area (Å²) in [6.45, 7) is 2.12. The molecule has 0 radical (unpaired) electrons. The molecule has 14 heteroatoms. The van der Waals surface area contributed by atoms with Crippen LogP contribution in [0.25, 0.3) is 0 Å². The summed E-state index contributed by atoms with van der Waals surface area (Å²) in [5.41, 5.74) is 0.973. The Morgan fingerprint density at radius 1 is 0.500 bits per heavy atom. The van der Waals surface area contributed by atoms with Crippen LogP contribution < -0.4 is 0 Å². The lowest BCUT2D eigenvalue weighted by molar-refractivity contribution is 0.0222. The van der Waals surface area contributed by atoms with Crippen LogP contribution in [0.5, 0.6) is 0 Å². The van der Waals surface area contributed by atoms with Gasteiger partial charge in [0.2, 0.25) is 0 Å². The van der Waals surface area contributed by atoms with Gasteiger partial charge >= 0.3 is 23.9 Å². The summed E-state index contributed by atoms with van der Waals surface area (Å²) in [4.78, 5) is 42.7. The van der Waals surface area contributed by atoms with Gasteiger partial charge in [-0.3, -0.25) is 0 Å². The topological polar surface area (TPSA) is 227 Å². The highest BCUT2D eigenvalue weighted by molar-refractivity contribution is 5.93. The van der Waals surface area contributed by atoms with Crippen LogP contribution in [-0.2, 0) is 18.9 Å². The molecule has 0 aliphatic rings. The van der Waals surface area contributed by atoms with E-state index in [0.717, 1.165) is 12.8 Å². The fraction of sp³-hybridized carbons (Fsp3) is 0.429. The van der Waals surface area contributed by atoms with Gasteiger partial charge in [-0.05, 0) is 61.4 Å². The predicted octanol–water partition coefficient (Wildman–Crippen LogP) is 1.10. The molecule has 0 saturated carbocycles. The maximum atomic E-state index is 11.0. The number of methoxy groups -OCH3 is 2. The summed E-state index contributed by atoms with van der Waals surface area (Å²) in [7, 11) is 2.60. The van der Waals surface area contributed by atoms with Crippen LogP contribution in [0.3, 0.4) is 0 Å². The van der Waals surface area contributed by atoms with Gasteiger partial charge in [0.1, 0.15) is 0 Å². The average Bonchev–Trinajstić information content (AvgIpc) is 3.02. The Balaban J connectivity index is 0. The van der Waals surface area contributed by atoms with Gasteiger partial charge in [-0.15, -0.1) is 0 Å². The summed E-state index contributed by atoms with van der Waals surface area (Å²) in [5, 5.41) is 49.6. The van der Waals surface area contributed by atoms with E-state index in [1.807, 2.05) is 0 Å². The third-order valence-corrected chi connectivity index (χ3v) is 4.52. The van der Waals surface area contributed by atoms with Gasteiger partial charge in [0.25, 0.3) is 0 Å². The van der Waals surface area contributed by atoms with E-state index in [9.17, 15) is 19.2 Å². The number of carbonyl (C=O) groups excluding carboxylic acids is 2. The highest BCUT2D eigenvalue weighted by atomic mass is 16.5. The molecule has 0 saturated heterocycles. The summed E-state index contributed by atoms with van der Waals surface area (Å²) in [5.74, 6) is -2.98. The van der Waals surface area contributed by atoms with E-state index in [2.05, 4.69) is 9.47 Å². The summed E-state index contributed by atoms with van der Waals surface area (Å²) in [6, 6.07) is 11.1. The number of rotatable bonds is 14. The van der Waals surface area contributed by atoms with Gasteiger partial charge < -0.3 is 49.6 Å². The predicted molar refractivity (Wildman–Crippen MR) is 149 cm³/mol. The molecule has 0 aliphatic carbocycles. The Morgan fingerprint density at radius 2 is 0.786 bits per heavy atom. The molecule has 0 fully saturated rings. The van der Waals surface area contributed by atoms with Crippen molar-refractivity contribution < 1.29 is 68.8 Å². The van der Waals surface area contributed by atoms with E-state index < -0.39 is 23.9 Å². The second kappa shape index (κ2) is 27.3. The molecule has 0 bridgehead atoms. The number of benzene rings is 2. The smallest absolute Gasteiger partial charge is 0.337 e. The molecule has 236 valence electrons. The molecular weight excluding hydrogens is 560 g/mol. The number of esters is 2. The third-order valence-electron chi connectivity index (χ3n) is 4.52. The molecule has 0 heterocycles. The zero-order chi connectivity index (χ0) is 32.2. The first-order valence-corrected chi connectivity index (χ1v) is 12.6. The zero-order valence-electron chi connectivity index (χ0n) is 23.6. The lowest BCUT2D eigenvalue weighted by Crippen LogP contribution is -2.09. The summed E-state index contributed by atoms with van der Waals surface area (Å²) < 4.78 is 18.8. The van der Waals surface area contributed by atoms with E-state index in [0.29, 0.717) is 37.6 Å². The van der Waals surface area contributed by atoms with Crippen LogP contribution in [0.2, 0.25) is 0 Å². The summed E-state index contributed by atoms with van der Waals surface area (Å²) >= 11 is 0. The number of carboxylic acid groups (broad SMARTS) is 2. The number of carboxylic acids is 2. The highest BCUT2D eigenvalue weighted by Gasteiger charge is 2.08. The molecule has 2 aromatic carbocycles. The van der Waals surface area contributed by atoms with Gasteiger partial charge in [0, 0.05) is 13.2 Å². The number of hydrogen-bond donors (Lipinski definition) is 6. The van der Waals surface area contributed by atoms with E-state index >= 15 is 0 Å². The molecule has 6 N–H and O–H groups in total. The Kier molecular flexibility index (Phi) is 26.1. The Labute approximate surface area is 243 Å². The number of aliphatic hydroxyl groups excluding tert-OH is 4. The first-order valence-electron chi connectivity index (χ1n) is 12.6. The van der Waals surface area contributed by atoms with Gasteiger partial charge in [-0.25, -0.2) is 19.2 Å². The number of aromatic carboxylic acids is 2. The molecule has 0 aromatic heterocycles. The largest absolute Gasteiger partial charge is 0.478 e. The van der Waals surface area contributed by atoms with Crippen molar-refractivity contribution in [1.29, 1.82) is 0 Å². The van der Waals surface area contributed by atoms with Gasteiger partial charge in [0.05, 0.1) is 76.1 Å². The molecule has 0 amide bonds. The van der Waals surface area contributed by atoms with Gasteiger partial charge in [-0.2, -0.15) is 0 Å². The fourth-order valence-corrected chi connectivity index (χ4v) is 2.41. The lowest BCUT2D eigenvalue weighted by atomic mass is 10.1. The first-order chi connectivity index (χ1) is 20.1. The maximum absolute atomic E-state index is 11.0. The lowest BCUT2D eigenvalue weighted by Gasteiger charge is -2.01. The number of ether oxygens (including phenoxy) is 4. The number of hydrogen-bond acceptors (Lipinski definition) is 12. The van der Waals surface area contributed by atoms with Gasteiger partial charge in [-0.1, -0.05) is 0 Å². The van der Waals surface area contributed by atoms with E-state index in [1.165, 1.54) is 62.8 Å². The molecule has 42 heavy (non-hydrogen) atoms. The van der Waals surface area contributed by atoms with Crippen molar-refractivity contribution in [3.8, 4) is 0 Å². The maximum Gasteiger partial charge on any atom is 0.337 e. The Morgan fingerprint density at radius 3 is 1.00 bits per heavy atom.